The number of methoxy groups -OCH3 is 2. The summed E-state index contributed by atoms with van der Waals surface area (Å²) in [6.45, 7) is 3.27. The Hall–Kier alpha value is -2.11. The fourth-order valence-electron chi connectivity index (χ4n) is 1.92. The van der Waals surface area contributed by atoms with E-state index in [4.69, 9.17) is 18.9 Å². The van der Waals surface area contributed by atoms with Crippen molar-refractivity contribution in [2.75, 3.05) is 27.4 Å². The van der Waals surface area contributed by atoms with Crippen LogP contribution in [0.2, 0.25) is 0 Å². The van der Waals surface area contributed by atoms with E-state index in [0.717, 1.165) is 17.7 Å². The fraction of sp³-hybridized carbons (Fsp3) is 0.421. The van der Waals surface area contributed by atoms with Gasteiger partial charge in [0.15, 0.2) is 0 Å². The minimum Gasteiger partial charge on any atom is -0.497 e. The van der Waals surface area contributed by atoms with Crippen molar-refractivity contribution < 1.29 is 23.7 Å². The standard InChI is InChI=1S/C19H26O5/c1-4-24-19(20)8-6-5-7-17(21-2)13-14-23-15-16-9-11-18(22-3)12-10-16/h5-12,17H,4,13-15H2,1-3H3/b7-5+,8-6+/t17-/m0/s1. The minimum atomic E-state index is -0.348. The number of carbonyl (C=O) groups is 1. The summed E-state index contributed by atoms with van der Waals surface area (Å²) in [4.78, 5) is 11.1. The number of hydrogen-bond donors (Lipinski definition) is 0. The van der Waals surface area contributed by atoms with Crippen molar-refractivity contribution >= 4 is 5.97 Å². The normalized spacial score (nSPS) is 12.6. The van der Waals surface area contributed by atoms with Gasteiger partial charge in [-0.15, -0.1) is 0 Å². The van der Waals surface area contributed by atoms with Gasteiger partial charge in [-0.05, 0) is 24.6 Å². The van der Waals surface area contributed by atoms with Gasteiger partial charge in [0.05, 0.1) is 26.4 Å². The molecule has 0 fully saturated rings. The molecule has 0 radical (unpaired) electrons. The summed E-state index contributed by atoms with van der Waals surface area (Å²) >= 11 is 0. The van der Waals surface area contributed by atoms with Gasteiger partial charge in [0.1, 0.15) is 5.75 Å². The van der Waals surface area contributed by atoms with Crippen molar-refractivity contribution in [2.45, 2.75) is 26.1 Å². The first-order valence-electron chi connectivity index (χ1n) is 7.94. The molecule has 0 bridgehead atoms. The maximum atomic E-state index is 11.1. The quantitative estimate of drug-likeness (QED) is 0.269. The van der Waals surface area contributed by atoms with Crippen LogP contribution in [0.4, 0.5) is 0 Å². The molecule has 1 aromatic rings. The molecule has 1 rings (SSSR count). The van der Waals surface area contributed by atoms with E-state index in [2.05, 4.69) is 0 Å². The second-order valence-electron chi connectivity index (χ2n) is 4.96. The summed E-state index contributed by atoms with van der Waals surface area (Å²) in [5.74, 6) is 0.484. The van der Waals surface area contributed by atoms with Gasteiger partial charge >= 0.3 is 5.97 Å². The number of benzene rings is 1. The highest BCUT2D eigenvalue weighted by molar-refractivity contribution is 5.82. The fourth-order valence-corrected chi connectivity index (χ4v) is 1.92. The largest absolute Gasteiger partial charge is 0.497 e. The van der Waals surface area contributed by atoms with Crippen LogP contribution < -0.4 is 4.74 Å². The van der Waals surface area contributed by atoms with E-state index in [1.165, 1.54) is 6.08 Å². The zero-order valence-electron chi connectivity index (χ0n) is 14.6. The maximum Gasteiger partial charge on any atom is 0.330 e. The molecule has 0 aliphatic heterocycles. The van der Waals surface area contributed by atoms with E-state index in [9.17, 15) is 4.79 Å². The monoisotopic (exact) mass is 334 g/mol. The SMILES string of the molecule is CCOC(=O)/C=C/C=C/[C@@H](CCOCc1ccc(OC)cc1)OC. The Morgan fingerprint density at radius 3 is 2.54 bits per heavy atom. The highest BCUT2D eigenvalue weighted by Crippen LogP contribution is 2.12. The van der Waals surface area contributed by atoms with Gasteiger partial charge in [-0.2, -0.15) is 0 Å². The molecule has 0 heterocycles. The molecule has 132 valence electrons. The van der Waals surface area contributed by atoms with E-state index < -0.39 is 0 Å². The molecule has 5 heteroatoms. The Bertz CT molecular complexity index is 519. The Morgan fingerprint density at radius 2 is 1.92 bits per heavy atom. The van der Waals surface area contributed by atoms with Crippen molar-refractivity contribution in [1.29, 1.82) is 0 Å². The number of ether oxygens (including phenoxy) is 4. The van der Waals surface area contributed by atoms with Crippen LogP contribution in [0.1, 0.15) is 18.9 Å². The smallest absolute Gasteiger partial charge is 0.330 e. The predicted octanol–water partition coefficient (Wildman–Crippen LogP) is 3.29. The Labute approximate surface area is 143 Å². The number of carbonyl (C=O) groups excluding carboxylic acids is 1. The Balaban J connectivity index is 2.26. The molecule has 0 amide bonds. The molecule has 1 aromatic carbocycles. The third-order valence-corrected chi connectivity index (χ3v) is 3.23. The number of rotatable bonds is 11. The molecule has 0 aliphatic carbocycles. The molecular weight excluding hydrogens is 308 g/mol. The summed E-state index contributed by atoms with van der Waals surface area (Å²) < 4.78 is 20.9. The van der Waals surface area contributed by atoms with Gasteiger partial charge in [-0.25, -0.2) is 4.79 Å². The second kappa shape index (κ2) is 12.3. The summed E-state index contributed by atoms with van der Waals surface area (Å²) in [5.41, 5.74) is 1.10. The first-order chi connectivity index (χ1) is 11.7. The van der Waals surface area contributed by atoms with E-state index in [1.54, 1.807) is 33.3 Å². The topological polar surface area (TPSA) is 54.0 Å². The van der Waals surface area contributed by atoms with Crippen LogP contribution in [0.3, 0.4) is 0 Å². The lowest BCUT2D eigenvalue weighted by molar-refractivity contribution is -0.137. The molecule has 0 unspecified atom stereocenters. The van der Waals surface area contributed by atoms with Crippen molar-refractivity contribution in [1.82, 2.24) is 0 Å². The average Bonchev–Trinajstić information content (AvgIpc) is 2.61. The van der Waals surface area contributed by atoms with Crippen LogP contribution in [-0.2, 0) is 25.6 Å². The van der Waals surface area contributed by atoms with Crippen molar-refractivity contribution in [3.05, 3.63) is 54.1 Å². The highest BCUT2D eigenvalue weighted by atomic mass is 16.5. The third kappa shape index (κ3) is 8.50. The van der Waals surface area contributed by atoms with Gasteiger partial charge in [-0.3, -0.25) is 0 Å². The van der Waals surface area contributed by atoms with Gasteiger partial charge in [0.25, 0.3) is 0 Å². The van der Waals surface area contributed by atoms with Crippen molar-refractivity contribution in [3.8, 4) is 5.75 Å². The van der Waals surface area contributed by atoms with E-state index in [-0.39, 0.29) is 12.1 Å². The summed E-state index contributed by atoms with van der Waals surface area (Å²) in [7, 11) is 3.29. The van der Waals surface area contributed by atoms with Gasteiger partial charge in [-0.1, -0.05) is 30.4 Å². The Morgan fingerprint density at radius 1 is 1.17 bits per heavy atom. The van der Waals surface area contributed by atoms with Crippen LogP contribution >= 0.6 is 0 Å². The molecule has 0 N–H and O–H groups in total. The van der Waals surface area contributed by atoms with Crippen LogP contribution in [0.5, 0.6) is 5.75 Å². The lowest BCUT2D eigenvalue weighted by Gasteiger charge is -2.11. The molecule has 5 nitrogen and oxygen atoms in total. The summed E-state index contributed by atoms with van der Waals surface area (Å²) in [5, 5.41) is 0. The van der Waals surface area contributed by atoms with E-state index >= 15 is 0 Å². The molecule has 0 aliphatic rings. The number of allylic oxidation sites excluding steroid dienone is 2. The van der Waals surface area contributed by atoms with Gasteiger partial charge < -0.3 is 18.9 Å². The van der Waals surface area contributed by atoms with Crippen LogP contribution in [0.15, 0.2) is 48.6 Å². The van der Waals surface area contributed by atoms with Crippen LogP contribution in [0, 0.1) is 0 Å². The van der Waals surface area contributed by atoms with E-state index in [1.807, 2.05) is 30.3 Å². The van der Waals surface area contributed by atoms with Crippen LogP contribution in [0.25, 0.3) is 0 Å². The summed E-state index contributed by atoms with van der Waals surface area (Å²) in [6.07, 6.45) is 7.35. The van der Waals surface area contributed by atoms with Gasteiger partial charge in [0, 0.05) is 26.2 Å². The van der Waals surface area contributed by atoms with Crippen molar-refractivity contribution in [3.63, 3.8) is 0 Å². The van der Waals surface area contributed by atoms with Gasteiger partial charge in [0.2, 0.25) is 0 Å². The Kier molecular flexibility index (Phi) is 10.2. The predicted molar refractivity (Wildman–Crippen MR) is 93.0 cm³/mol. The first kappa shape index (κ1) is 19.9. The lowest BCUT2D eigenvalue weighted by Crippen LogP contribution is -2.10. The molecule has 0 spiro atoms. The van der Waals surface area contributed by atoms with Crippen LogP contribution in [-0.4, -0.2) is 39.5 Å². The highest BCUT2D eigenvalue weighted by Gasteiger charge is 2.02. The molecular formula is C19H26O5. The first-order valence-corrected chi connectivity index (χ1v) is 7.94. The maximum absolute atomic E-state index is 11.1. The van der Waals surface area contributed by atoms with E-state index in [0.29, 0.717) is 19.8 Å². The second-order valence-corrected chi connectivity index (χ2v) is 4.96. The minimum absolute atomic E-state index is 0.0623. The molecule has 0 aromatic heterocycles. The third-order valence-electron chi connectivity index (χ3n) is 3.23. The average molecular weight is 334 g/mol. The molecule has 24 heavy (non-hydrogen) atoms. The lowest BCUT2D eigenvalue weighted by atomic mass is 10.2. The molecule has 0 saturated carbocycles. The number of hydrogen-bond acceptors (Lipinski definition) is 5. The molecule has 0 saturated heterocycles. The zero-order valence-corrected chi connectivity index (χ0v) is 14.6. The summed E-state index contributed by atoms with van der Waals surface area (Å²) in [6, 6.07) is 7.78. The number of esters is 1. The zero-order chi connectivity index (χ0) is 17.6. The van der Waals surface area contributed by atoms with Crippen molar-refractivity contribution in [2.24, 2.45) is 0 Å². The molecule has 1 atom stereocenters.